The maximum atomic E-state index is 12.9. The second kappa shape index (κ2) is 7.76. The smallest absolute Gasteiger partial charge is 0.295 e. The molecule has 0 saturated heterocycles. The summed E-state index contributed by atoms with van der Waals surface area (Å²) in [7, 11) is -1.91. The Balaban J connectivity index is 2.03. The van der Waals surface area contributed by atoms with Crippen LogP contribution in [0.15, 0.2) is 53.3 Å². The number of aromatic nitrogens is 2. The Morgan fingerprint density at radius 1 is 1.10 bits per heavy atom. The Bertz CT molecular complexity index is 1250. The zero-order valence-electron chi connectivity index (χ0n) is 15.9. The van der Waals surface area contributed by atoms with Gasteiger partial charge in [-0.15, -0.1) is 0 Å². The molecule has 3 rings (SSSR count). The molecule has 0 aliphatic rings. The van der Waals surface area contributed by atoms with Crippen molar-refractivity contribution in [3.8, 4) is 5.69 Å². The van der Waals surface area contributed by atoms with Crippen molar-refractivity contribution < 1.29 is 13.2 Å². The average molecular weight is 435 g/mol. The van der Waals surface area contributed by atoms with E-state index >= 15 is 0 Å². The highest BCUT2D eigenvalue weighted by atomic mass is 35.5. The SMILES string of the molecule is Cc1c(NC(=O)c2cc(Cl)ccc2NS(C)(=O)=O)c(=O)n(-c2ccccc2)n1C. The maximum Gasteiger partial charge on any atom is 0.295 e. The molecule has 0 aliphatic heterocycles. The quantitative estimate of drug-likeness (QED) is 0.644. The number of hydrogen-bond donors (Lipinski definition) is 2. The third-order valence-electron chi connectivity index (χ3n) is 4.31. The number of para-hydroxylation sites is 1. The van der Waals surface area contributed by atoms with Gasteiger partial charge in [-0.2, -0.15) is 0 Å². The van der Waals surface area contributed by atoms with Gasteiger partial charge in [0.05, 0.1) is 28.9 Å². The van der Waals surface area contributed by atoms with E-state index in [-0.39, 0.29) is 22.0 Å². The third-order valence-corrected chi connectivity index (χ3v) is 5.14. The van der Waals surface area contributed by atoms with E-state index in [2.05, 4.69) is 10.0 Å². The van der Waals surface area contributed by atoms with Crippen LogP contribution < -0.4 is 15.6 Å². The lowest BCUT2D eigenvalue weighted by atomic mass is 10.1. The lowest BCUT2D eigenvalue weighted by Crippen LogP contribution is -2.23. The fraction of sp³-hybridized carbons (Fsp3) is 0.158. The summed E-state index contributed by atoms with van der Waals surface area (Å²) < 4.78 is 28.5. The lowest BCUT2D eigenvalue weighted by molar-refractivity contribution is 0.102. The minimum Gasteiger partial charge on any atom is -0.316 e. The predicted octanol–water partition coefficient (Wildman–Crippen LogP) is 2.76. The van der Waals surface area contributed by atoms with Gasteiger partial charge in [0.1, 0.15) is 5.69 Å². The molecule has 0 spiro atoms. The number of halogens is 1. The summed E-state index contributed by atoms with van der Waals surface area (Å²) in [6.07, 6.45) is 0.975. The number of carbonyl (C=O) groups is 1. The van der Waals surface area contributed by atoms with Crippen molar-refractivity contribution in [1.82, 2.24) is 9.36 Å². The number of nitrogens with zero attached hydrogens (tertiary/aromatic N) is 2. The van der Waals surface area contributed by atoms with E-state index in [1.165, 1.54) is 22.9 Å². The Labute approximate surface area is 172 Å². The molecule has 2 N–H and O–H groups in total. The molecule has 8 nitrogen and oxygen atoms in total. The Hall–Kier alpha value is -3.04. The van der Waals surface area contributed by atoms with Gasteiger partial charge in [-0.3, -0.25) is 19.0 Å². The first-order chi connectivity index (χ1) is 13.6. The summed E-state index contributed by atoms with van der Waals surface area (Å²) in [6.45, 7) is 1.70. The highest BCUT2D eigenvalue weighted by Gasteiger charge is 2.21. The molecule has 0 aliphatic carbocycles. The van der Waals surface area contributed by atoms with Gasteiger partial charge in [0.25, 0.3) is 11.5 Å². The second-order valence-corrected chi connectivity index (χ2v) is 8.64. The van der Waals surface area contributed by atoms with Crippen LogP contribution in [0.2, 0.25) is 5.02 Å². The topological polar surface area (TPSA) is 102 Å². The Morgan fingerprint density at radius 3 is 2.38 bits per heavy atom. The van der Waals surface area contributed by atoms with Crippen molar-refractivity contribution in [3.05, 3.63) is 75.2 Å². The van der Waals surface area contributed by atoms with Crippen LogP contribution in [0.1, 0.15) is 16.1 Å². The van der Waals surface area contributed by atoms with Gasteiger partial charge in [-0.1, -0.05) is 29.8 Å². The maximum absolute atomic E-state index is 12.9. The number of anilines is 2. The van der Waals surface area contributed by atoms with Crippen LogP contribution in [0, 0.1) is 6.92 Å². The number of carbonyl (C=O) groups excluding carboxylic acids is 1. The summed E-state index contributed by atoms with van der Waals surface area (Å²) >= 11 is 5.98. The summed E-state index contributed by atoms with van der Waals surface area (Å²) in [4.78, 5) is 25.8. The zero-order valence-corrected chi connectivity index (χ0v) is 17.5. The molecule has 1 aromatic heterocycles. The third kappa shape index (κ3) is 4.36. The monoisotopic (exact) mass is 434 g/mol. The molecule has 0 saturated carbocycles. The number of benzene rings is 2. The second-order valence-electron chi connectivity index (χ2n) is 6.45. The van der Waals surface area contributed by atoms with E-state index in [0.717, 1.165) is 6.26 Å². The summed E-state index contributed by atoms with van der Waals surface area (Å²) in [5.74, 6) is -0.662. The average Bonchev–Trinajstić information content (AvgIpc) is 2.86. The van der Waals surface area contributed by atoms with Gasteiger partial charge >= 0.3 is 0 Å². The zero-order chi connectivity index (χ0) is 21.3. The molecule has 29 heavy (non-hydrogen) atoms. The number of nitrogens with one attached hydrogen (secondary N) is 2. The van der Waals surface area contributed by atoms with Crippen LogP contribution in [0.5, 0.6) is 0 Å². The van der Waals surface area contributed by atoms with Crippen LogP contribution >= 0.6 is 11.6 Å². The number of hydrogen-bond acceptors (Lipinski definition) is 4. The molecule has 152 valence electrons. The number of sulfonamides is 1. The highest BCUT2D eigenvalue weighted by molar-refractivity contribution is 7.92. The van der Waals surface area contributed by atoms with Crippen LogP contribution in [-0.4, -0.2) is 29.9 Å². The van der Waals surface area contributed by atoms with Crippen molar-refractivity contribution in [3.63, 3.8) is 0 Å². The predicted molar refractivity (Wildman–Crippen MR) is 114 cm³/mol. The van der Waals surface area contributed by atoms with Gasteiger partial charge in [-0.05, 0) is 37.3 Å². The highest BCUT2D eigenvalue weighted by Crippen LogP contribution is 2.23. The van der Waals surface area contributed by atoms with E-state index in [1.54, 1.807) is 42.9 Å². The van der Waals surface area contributed by atoms with E-state index in [9.17, 15) is 18.0 Å². The van der Waals surface area contributed by atoms with Crippen LogP contribution in [0.3, 0.4) is 0 Å². The standard InChI is InChI=1S/C19H19ClN4O4S/c1-12-17(19(26)24(23(12)2)14-7-5-4-6-8-14)21-18(25)15-11-13(20)9-10-16(15)22-29(3,27)28/h4-11,22H,1-3H3,(H,21,25). The van der Waals surface area contributed by atoms with Crippen LogP contribution in [0.4, 0.5) is 11.4 Å². The van der Waals surface area contributed by atoms with E-state index < -0.39 is 21.5 Å². The molecule has 0 unspecified atom stereocenters. The van der Waals surface area contributed by atoms with Gasteiger partial charge in [0.2, 0.25) is 10.0 Å². The van der Waals surface area contributed by atoms with Crippen molar-refractivity contribution in [2.75, 3.05) is 16.3 Å². The number of amides is 1. The van der Waals surface area contributed by atoms with Crippen LogP contribution in [0.25, 0.3) is 5.69 Å². The molecular formula is C19H19ClN4O4S. The fourth-order valence-electron chi connectivity index (χ4n) is 2.89. The summed E-state index contributed by atoms with van der Waals surface area (Å²) in [5, 5.41) is 2.84. The first-order valence-corrected chi connectivity index (χ1v) is 10.8. The van der Waals surface area contributed by atoms with E-state index in [0.29, 0.717) is 11.4 Å². The Kier molecular flexibility index (Phi) is 5.54. The first kappa shape index (κ1) is 20.7. The minimum atomic E-state index is -3.62. The van der Waals surface area contributed by atoms with Crippen molar-refractivity contribution in [1.29, 1.82) is 0 Å². The van der Waals surface area contributed by atoms with Gasteiger partial charge in [0.15, 0.2) is 0 Å². The molecule has 0 radical (unpaired) electrons. The number of rotatable bonds is 5. The van der Waals surface area contributed by atoms with E-state index in [4.69, 9.17) is 11.6 Å². The molecule has 2 aromatic carbocycles. The largest absolute Gasteiger partial charge is 0.316 e. The summed E-state index contributed by atoms with van der Waals surface area (Å²) in [5.41, 5.74) is 0.914. The van der Waals surface area contributed by atoms with Gasteiger partial charge in [-0.25, -0.2) is 13.1 Å². The molecule has 1 amide bonds. The van der Waals surface area contributed by atoms with Crippen molar-refractivity contribution >= 4 is 38.9 Å². The molecule has 10 heteroatoms. The molecule has 3 aromatic rings. The molecule has 0 bridgehead atoms. The van der Waals surface area contributed by atoms with Gasteiger partial charge < -0.3 is 5.32 Å². The van der Waals surface area contributed by atoms with Gasteiger partial charge in [0, 0.05) is 12.1 Å². The van der Waals surface area contributed by atoms with Crippen molar-refractivity contribution in [2.45, 2.75) is 6.92 Å². The summed E-state index contributed by atoms with van der Waals surface area (Å²) in [6, 6.07) is 13.2. The molecule has 1 heterocycles. The van der Waals surface area contributed by atoms with Crippen LogP contribution in [-0.2, 0) is 17.1 Å². The van der Waals surface area contributed by atoms with Crippen molar-refractivity contribution in [2.24, 2.45) is 7.05 Å². The minimum absolute atomic E-state index is 0.00293. The van der Waals surface area contributed by atoms with E-state index in [1.807, 2.05) is 6.07 Å². The Morgan fingerprint density at radius 2 is 1.76 bits per heavy atom. The molecule has 0 fully saturated rings. The fourth-order valence-corrected chi connectivity index (χ4v) is 3.64. The normalized spacial score (nSPS) is 11.3. The molecule has 0 atom stereocenters. The lowest BCUT2D eigenvalue weighted by Gasteiger charge is -2.11. The first-order valence-electron chi connectivity index (χ1n) is 8.51. The molecular weight excluding hydrogens is 416 g/mol.